The van der Waals surface area contributed by atoms with Crippen LogP contribution in [-0.2, 0) is 20.4 Å². The Morgan fingerprint density at radius 1 is 0.609 bits per heavy atom. The van der Waals surface area contributed by atoms with Crippen molar-refractivity contribution < 1.29 is 20.4 Å². The summed E-state index contributed by atoms with van der Waals surface area (Å²) in [5.74, 6) is 0. The van der Waals surface area contributed by atoms with Crippen molar-refractivity contribution in [2.24, 2.45) is 0 Å². The maximum atomic E-state index is 4.26. The van der Waals surface area contributed by atoms with Gasteiger partial charge < -0.3 is 9.97 Å². The van der Waals surface area contributed by atoms with Crippen molar-refractivity contribution in [2.75, 3.05) is 0 Å². The fourth-order valence-electron chi connectivity index (χ4n) is 1.96. The molecule has 0 aliphatic rings. The van der Waals surface area contributed by atoms with Crippen LogP contribution in [0, 0.1) is 12.2 Å². The molecule has 0 aliphatic carbocycles. The van der Waals surface area contributed by atoms with E-state index >= 15 is 0 Å². The molecular formula is C20H14N2Pd. The fraction of sp³-hybridized carbons (Fsp3) is 0. The first-order valence-electron chi connectivity index (χ1n) is 7.02. The number of hydrogen-bond acceptors (Lipinski definition) is 2. The summed E-state index contributed by atoms with van der Waals surface area (Å²) in [6.45, 7) is 0. The topological polar surface area (TPSA) is 25.8 Å². The molecule has 0 fully saturated rings. The molecule has 3 aromatic rings. The average molecular weight is 389 g/mol. The van der Waals surface area contributed by atoms with Gasteiger partial charge in [-0.15, -0.1) is 24.3 Å². The van der Waals surface area contributed by atoms with Gasteiger partial charge in [-0.3, -0.25) is 0 Å². The first kappa shape index (κ1) is 17.0. The van der Waals surface area contributed by atoms with Crippen LogP contribution in [0.2, 0.25) is 0 Å². The average Bonchev–Trinajstić information content (AvgIpc) is 2.61. The first-order chi connectivity index (χ1) is 10.9. The van der Waals surface area contributed by atoms with Crippen molar-refractivity contribution in [3.05, 3.63) is 108 Å². The second-order valence-electron chi connectivity index (χ2n) is 4.63. The maximum Gasteiger partial charge on any atom is 2.00 e. The molecule has 3 heteroatoms. The van der Waals surface area contributed by atoms with Crippen molar-refractivity contribution in [1.29, 1.82) is 0 Å². The van der Waals surface area contributed by atoms with Crippen LogP contribution in [-0.4, -0.2) is 9.97 Å². The zero-order chi connectivity index (χ0) is 15.0. The molecule has 0 amide bonds. The van der Waals surface area contributed by atoms with Crippen molar-refractivity contribution in [3.63, 3.8) is 0 Å². The van der Waals surface area contributed by atoms with Crippen LogP contribution in [0.4, 0.5) is 0 Å². The van der Waals surface area contributed by atoms with Gasteiger partial charge in [0, 0.05) is 12.4 Å². The Bertz CT molecular complexity index is 713. The van der Waals surface area contributed by atoms with Gasteiger partial charge in [0.05, 0.1) is 0 Å². The van der Waals surface area contributed by atoms with Crippen LogP contribution < -0.4 is 0 Å². The molecule has 0 atom stereocenters. The Balaban J connectivity index is 0.00000192. The van der Waals surface area contributed by atoms with Crippen LogP contribution >= 0.6 is 0 Å². The third kappa shape index (κ3) is 5.11. The van der Waals surface area contributed by atoms with Crippen LogP contribution in [0.5, 0.6) is 0 Å². The Morgan fingerprint density at radius 3 is 1.43 bits per heavy atom. The molecule has 2 heterocycles. The summed E-state index contributed by atoms with van der Waals surface area (Å²) in [5, 5.41) is 0. The summed E-state index contributed by atoms with van der Waals surface area (Å²) in [7, 11) is 0. The maximum absolute atomic E-state index is 4.26. The van der Waals surface area contributed by atoms with Crippen LogP contribution in [0.15, 0.2) is 73.1 Å². The van der Waals surface area contributed by atoms with Crippen molar-refractivity contribution in [2.45, 2.75) is 0 Å². The van der Waals surface area contributed by atoms with Gasteiger partial charge in [-0.2, -0.15) is 24.3 Å². The van der Waals surface area contributed by atoms with Crippen molar-refractivity contribution in [1.82, 2.24) is 9.97 Å². The quantitative estimate of drug-likeness (QED) is 0.494. The van der Waals surface area contributed by atoms with E-state index in [1.54, 1.807) is 12.4 Å². The standard InChI is InChI=1S/C20H14N2.Pd/c1-2-8-18(12-14-20-10-4-6-16-22-20)17(7-1)11-13-19-9-3-5-15-21-19;/h1-10,13-16H;/q-2;+2. The number of hydrogen-bond donors (Lipinski definition) is 0. The molecule has 3 rings (SSSR count). The second-order valence-corrected chi connectivity index (χ2v) is 4.63. The molecule has 0 bridgehead atoms. The molecule has 0 aliphatic heterocycles. The van der Waals surface area contributed by atoms with Crippen molar-refractivity contribution >= 4 is 12.2 Å². The number of benzene rings is 1. The zero-order valence-electron chi connectivity index (χ0n) is 12.3. The van der Waals surface area contributed by atoms with Crippen LogP contribution in [0.3, 0.4) is 0 Å². The minimum absolute atomic E-state index is 0. The third-order valence-corrected chi connectivity index (χ3v) is 3.05. The van der Waals surface area contributed by atoms with E-state index in [4.69, 9.17) is 0 Å². The Hall–Kier alpha value is -2.34. The Morgan fingerprint density at radius 2 is 1.04 bits per heavy atom. The fourth-order valence-corrected chi connectivity index (χ4v) is 1.96. The van der Waals surface area contributed by atoms with Gasteiger partial charge >= 0.3 is 20.4 Å². The molecule has 114 valence electrons. The van der Waals surface area contributed by atoms with Gasteiger partial charge in [0.15, 0.2) is 0 Å². The minimum Gasteiger partial charge on any atom is -0.305 e. The number of nitrogens with zero attached hydrogens (tertiary/aromatic N) is 2. The predicted octanol–water partition coefficient (Wildman–Crippen LogP) is 4.20. The van der Waals surface area contributed by atoms with Gasteiger partial charge in [-0.05, 0) is 23.5 Å². The van der Waals surface area contributed by atoms with E-state index < -0.39 is 0 Å². The van der Waals surface area contributed by atoms with Gasteiger partial charge in [-0.25, -0.2) is 11.1 Å². The molecular weight excluding hydrogens is 375 g/mol. The first-order valence-corrected chi connectivity index (χ1v) is 7.02. The molecule has 0 radical (unpaired) electrons. The largest absolute Gasteiger partial charge is 2.00 e. The van der Waals surface area contributed by atoms with E-state index in [0.29, 0.717) is 0 Å². The van der Waals surface area contributed by atoms with Gasteiger partial charge in [0.1, 0.15) is 0 Å². The third-order valence-electron chi connectivity index (χ3n) is 3.05. The molecule has 23 heavy (non-hydrogen) atoms. The number of pyridine rings is 2. The zero-order valence-corrected chi connectivity index (χ0v) is 13.8. The number of rotatable bonds is 4. The summed E-state index contributed by atoms with van der Waals surface area (Å²) in [6.07, 6.45) is 13.8. The van der Waals surface area contributed by atoms with Crippen LogP contribution in [0.25, 0.3) is 12.2 Å². The summed E-state index contributed by atoms with van der Waals surface area (Å²) in [4.78, 5) is 8.52. The van der Waals surface area contributed by atoms with Crippen molar-refractivity contribution in [3.8, 4) is 0 Å². The van der Waals surface area contributed by atoms with E-state index in [-0.39, 0.29) is 20.4 Å². The van der Waals surface area contributed by atoms with Gasteiger partial charge in [0.25, 0.3) is 0 Å². The molecule has 1 aromatic carbocycles. The van der Waals surface area contributed by atoms with E-state index in [9.17, 15) is 0 Å². The van der Waals surface area contributed by atoms with Crippen LogP contribution in [0.1, 0.15) is 22.5 Å². The molecule has 0 saturated heterocycles. The Kier molecular flexibility index (Phi) is 6.62. The molecule has 0 spiro atoms. The molecule has 2 nitrogen and oxygen atoms in total. The van der Waals surface area contributed by atoms with E-state index in [0.717, 1.165) is 22.5 Å². The summed E-state index contributed by atoms with van der Waals surface area (Å²) in [5.41, 5.74) is 3.71. The van der Waals surface area contributed by atoms with E-state index in [2.05, 4.69) is 22.1 Å². The molecule has 0 N–H and O–H groups in total. The normalized spacial score (nSPS) is 10.8. The minimum atomic E-state index is 0. The molecule has 0 unspecified atom stereocenters. The summed E-state index contributed by atoms with van der Waals surface area (Å²) >= 11 is 0. The monoisotopic (exact) mass is 388 g/mol. The smallest absolute Gasteiger partial charge is 0.305 e. The van der Waals surface area contributed by atoms with E-state index in [1.807, 2.05) is 72.8 Å². The summed E-state index contributed by atoms with van der Waals surface area (Å²) in [6, 6.07) is 19.6. The van der Waals surface area contributed by atoms with E-state index in [1.165, 1.54) is 0 Å². The van der Waals surface area contributed by atoms with Gasteiger partial charge in [-0.1, -0.05) is 24.3 Å². The second kappa shape index (κ2) is 8.95. The Labute approximate surface area is 150 Å². The molecule has 0 saturated carbocycles. The number of aromatic nitrogens is 2. The van der Waals surface area contributed by atoms with Gasteiger partial charge in [0.2, 0.25) is 0 Å². The molecule has 2 aromatic heterocycles. The summed E-state index contributed by atoms with van der Waals surface area (Å²) < 4.78 is 0. The SMILES string of the molecule is [C-](=Cc1ccccn1)c1ccccc1[C-]=Cc1ccccn1.[Pd+2]. The predicted molar refractivity (Wildman–Crippen MR) is 88.5 cm³/mol.